The molecule has 1 atom stereocenters. The molecule has 0 aromatic carbocycles. The molecule has 0 saturated heterocycles. The van der Waals surface area contributed by atoms with Crippen molar-refractivity contribution in [3.8, 4) is 0 Å². The summed E-state index contributed by atoms with van der Waals surface area (Å²) < 4.78 is 0. The molecule has 0 spiro atoms. The highest BCUT2D eigenvalue weighted by Crippen LogP contribution is 2.30. The van der Waals surface area contributed by atoms with Crippen LogP contribution in [0.25, 0.3) is 10.2 Å². The third-order valence-electron chi connectivity index (χ3n) is 3.01. The van der Waals surface area contributed by atoms with Gasteiger partial charge in [-0.15, -0.1) is 11.3 Å². The number of hydrogen-bond acceptors (Lipinski definition) is 6. The number of nitrogens with zero attached hydrogens (tertiary/aromatic N) is 2. The van der Waals surface area contributed by atoms with E-state index in [-0.39, 0.29) is 11.9 Å². The highest BCUT2D eigenvalue weighted by molar-refractivity contribution is 7.18. The molecule has 2 rings (SSSR count). The lowest BCUT2D eigenvalue weighted by molar-refractivity contribution is -0.121. The number of carbonyl (C=O) groups excluding carboxylic acids is 1. The Kier molecular flexibility index (Phi) is 4.39. The van der Waals surface area contributed by atoms with Gasteiger partial charge >= 0.3 is 0 Å². The smallest absolute Gasteiger partial charge is 0.241 e. The van der Waals surface area contributed by atoms with E-state index in [0.29, 0.717) is 11.8 Å². The van der Waals surface area contributed by atoms with Gasteiger partial charge in [0.25, 0.3) is 0 Å². The third kappa shape index (κ3) is 2.82. The third-order valence-corrected chi connectivity index (χ3v) is 4.18. The van der Waals surface area contributed by atoms with Gasteiger partial charge < -0.3 is 16.0 Å². The Labute approximate surface area is 122 Å². The van der Waals surface area contributed by atoms with Gasteiger partial charge in [0.15, 0.2) is 0 Å². The number of hydrogen-bond donors (Lipinski definition) is 3. The molecule has 2 aromatic heterocycles. The first-order valence-electron chi connectivity index (χ1n) is 6.55. The van der Waals surface area contributed by atoms with Crippen molar-refractivity contribution in [2.75, 3.05) is 24.7 Å². The molecule has 7 heteroatoms. The van der Waals surface area contributed by atoms with E-state index in [1.54, 1.807) is 32.4 Å². The van der Waals surface area contributed by atoms with Gasteiger partial charge in [0.2, 0.25) is 11.9 Å². The maximum Gasteiger partial charge on any atom is 0.241 e. The molecule has 0 fully saturated rings. The standard InChI is InChI=1S/C13H19N5OS/c1-5-8-6-9-10(16-7(2)11(19)14-3)17-13(15-4)18-12(9)20-8/h6-7H,5H2,1-4H3,(H,14,19)(H2,15,16,17,18). The van der Waals surface area contributed by atoms with Crippen LogP contribution in [-0.4, -0.2) is 36.0 Å². The molecule has 20 heavy (non-hydrogen) atoms. The highest BCUT2D eigenvalue weighted by Gasteiger charge is 2.16. The second-order valence-electron chi connectivity index (χ2n) is 4.41. The molecular formula is C13H19N5OS. The SMILES string of the molecule is CCc1cc2c(NC(C)C(=O)NC)nc(NC)nc2s1. The zero-order chi connectivity index (χ0) is 14.7. The summed E-state index contributed by atoms with van der Waals surface area (Å²) in [6, 6.07) is 1.73. The van der Waals surface area contributed by atoms with E-state index in [2.05, 4.69) is 38.9 Å². The van der Waals surface area contributed by atoms with Crippen molar-refractivity contribution in [2.45, 2.75) is 26.3 Å². The number of amides is 1. The largest absolute Gasteiger partial charge is 0.358 e. The van der Waals surface area contributed by atoms with Crippen molar-refractivity contribution in [2.24, 2.45) is 0 Å². The van der Waals surface area contributed by atoms with E-state index in [1.807, 2.05) is 0 Å². The first kappa shape index (κ1) is 14.5. The highest BCUT2D eigenvalue weighted by atomic mass is 32.1. The average molecular weight is 293 g/mol. The predicted molar refractivity (Wildman–Crippen MR) is 83.5 cm³/mol. The number of fused-ring (bicyclic) bond motifs is 1. The fourth-order valence-corrected chi connectivity index (χ4v) is 2.82. The van der Waals surface area contributed by atoms with Crippen LogP contribution >= 0.6 is 11.3 Å². The molecule has 1 unspecified atom stereocenters. The van der Waals surface area contributed by atoms with E-state index in [4.69, 9.17) is 0 Å². The monoisotopic (exact) mass is 293 g/mol. The maximum absolute atomic E-state index is 11.6. The minimum absolute atomic E-state index is 0.0753. The summed E-state index contributed by atoms with van der Waals surface area (Å²) in [7, 11) is 3.40. The molecule has 0 aliphatic heterocycles. The summed E-state index contributed by atoms with van der Waals surface area (Å²) in [5.74, 6) is 1.16. The minimum Gasteiger partial charge on any atom is -0.358 e. The molecule has 0 aliphatic rings. The zero-order valence-corrected chi connectivity index (χ0v) is 12.9. The van der Waals surface area contributed by atoms with E-state index >= 15 is 0 Å². The Morgan fingerprint density at radius 2 is 2.15 bits per heavy atom. The summed E-state index contributed by atoms with van der Waals surface area (Å²) in [5, 5.41) is 9.68. The van der Waals surface area contributed by atoms with E-state index in [9.17, 15) is 4.79 Å². The lowest BCUT2D eigenvalue weighted by Gasteiger charge is -2.14. The van der Waals surface area contributed by atoms with Crippen LogP contribution in [-0.2, 0) is 11.2 Å². The van der Waals surface area contributed by atoms with Crippen LogP contribution in [0.2, 0.25) is 0 Å². The van der Waals surface area contributed by atoms with Crippen LogP contribution in [0.1, 0.15) is 18.7 Å². The van der Waals surface area contributed by atoms with Gasteiger partial charge in [-0.05, 0) is 19.4 Å². The zero-order valence-electron chi connectivity index (χ0n) is 12.1. The number of aromatic nitrogens is 2. The Bertz CT molecular complexity index is 624. The second kappa shape index (κ2) is 6.04. The molecule has 1 amide bonds. The van der Waals surface area contributed by atoms with Gasteiger partial charge in [0, 0.05) is 19.0 Å². The van der Waals surface area contributed by atoms with Gasteiger partial charge in [0.05, 0.1) is 5.39 Å². The first-order chi connectivity index (χ1) is 9.58. The van der Waals surface area contributed by atoms with E-state index in [1.165, 1.54) is 4.88 Å². The fraction of sp³-hybridized carbons (Fsp3) is 0.462. The second-order valence-corrected chi connectivity index (χ2v) is 5.53. The van der Waals surface area contributed by atoms with Crippen molar-refractivity contribution in [3.63, 3.8) is 0 Å². The normalized spacial score (nSPS) is 12.2. The average Bonchev–Trinajstić information content (AvgIpc) is 2.89. The number of carbonyl (C=O) groups is 1. The van der Waals surface area contributed by atoms with Crippen molar-refractivity contribution in [3.05, 3.63) is 10.9 Å². The van der Waals surface area contributed by atoms with E-state index in [0.717, 1.165) is 16.6 Å². The van der Waals surface area contributed by atoms with Crippen LogP contribution in [0.15, 0.2) is 6.07 Å². The molecule has 0 radical (unpaired) electrons. The number of likely N-dealkylation sites (N-methyl/N-ethyl adjacent to an activating group) is 1. The Hall–Kier alpha value is -1.89. The topological polar surface area (TPSA) is 78.9 Å². The summed E-state index contributed by atoms with van der Waals surface area (Å²) in [5.41, 5.74) is 0. The lowest BCUT2D eigenvalue weighted by Crippen LogP contribution is -2.35. The molecule has 6 nitrogen and oxygen atoms in total. The van der Waals surface area contributed by atoms with Crippen LogP contribution in [0.3, 0.4) is 0 Å². The molecular weight excluding hydrogens is 274 g/mol. The molecule has 2 heterocycles. The number of aryl methyl sites for hydroxylation is 1. The van der Waals surface area contributed by atoms with E-state index < -0.39 is 0 Å². The van der Waals surface area contributed by atoms with Gasteiger partial charge in [-0.1, -0.05) is 6.92 Å². The fourth-order valence-electron chi connectivity index (χ4n) is 1.85. The molecule has 0 saturated carbocycles. The maximum atomic E-state index is 11.6. The first-order valence-corrected chi connectivity index (χ1v) is 7.37. The minimum atomic E-state index is -0.354. The Morgan fingerprint density at radius 1 is 1.40 bits per heavy atom. The Balaban J connectivity index is 2.44. The number of anilines is 2. The Morgan fingerprint density at radius 3 is 2.75 bits per heavy atom. The molecule has 0 aliphatic carbocycles. The van der Waals surface area contributed by atoms with Crippen molar-refractivity contribution in [1.82, 2.24) is 15.3 Å². The van der Waals surface area contributed by atoms with Crippen molar-refractivity contribution in [1.29, 1.82) is 0 Å². The molecule has 3 N–H and O–H groups in total. The summed E-state index contributed by atoms with van der Waals surface area (Å²) in [6.45, 7) is 3.91. The predicted octanol–water partition coefficient (Wildman–Crippen LogP) is 1.84. The number of nitrogens with one attached hydrogen (secondary N) is 3. The molecule has 0 bridgehead atoms. The molecule has 2 aromatic rings. The summed E-state index contributed by atoms with van der Waals surface area (Å²) in [4.78, 5) is 22.7. The summed E-state index contributed by atoms with van der Waals surface area (Å²) in [6.07, 6.45) is 0.959. The number of rotatable bonds is 5. The van der Waals surface area contributed by atoms with Gasteiger partial charge in [0.1, 0.15) is 16.7 Å². The molecule has 108 valence electrons. The van der Waals surface area contributed by atoms with Gasteiger partial charge in [-0.2, -0.15) is 4.98 Å². The van der Waals surface area contributed by atoms with Crippen LogP contribution in [0.5, 0.6) is 0 Å². The van der Waals surface area contributed by atoms with Gasteiger partial charge in [-0.25, -0.2) is 4.98 Å². The summed E-state index contributed by atoms with van der Waals surface area (Å²) >= 11 is 1.65. The van der Waals surface area contributed by atoms with Crippen LogP contribution in [0, 0.1) is 0 Å². The number of thiophene rings is 1. The van der Waals surface area contributed by atoms with Crippen molar-refractivity contribution >= 4 is 39.2 Å². The quantitative estimate of drug-likeness (QED) is 0.784. The van der Waals surface area contributed by atoms with Crippen molar-refractivity contribution < 1.29 is 4.79 Å². The lowest BCUT2D eigenvalue weighted by atomic mass is 10.2. The van der Waals surface area contributed by atoms with Crippen LogP contribution < -0.4 is 16.0 Å². The van der Waals surface area contributed by atoms with Gasteiger partial charge in [-0.3, -0.25) is 4.79 Å². The van der Waals surface area contributed by atoms with Crippen LogP contribution in [0.4, 0.5) is 11.8 Å².